The van der Waals surface area contributed by atoms with Crippen molar-refractivity contribution >= 4 is 10.8 Å². The van der Waals surface area contributed by atoms with Crippen LogP contribution in [-0.4, -0.2) is 58.0 Å². The van der Waals surface area contributed by atoms with Crippen molar-refractivity contribution < 1.29 is 35.7 Å². The first-order chi connectivity index (χ1) is 20.7. The normalized spacial score (nSPS) is 31.5. The van der Waals surface area contributed by atoms with Gasteiger partial charge in [-0.2, -0.15) is 22.0 Å². The Hall–Kier alpha value is -1.29. The van der Waals surface area contributed by atoms with Gasteiger partial charge in [-0.15, -0.1) is 0 Å². The highest BCUT2D eigenvalue weighted by Gasteiger charge is 2.67. The van der Waals surface area contributed by atoms with Gasteiger partial charge in [0.25, 0.3) is 0 Å². The predicted octanol–water partition coefficient (Wildman–Crippen LogP) is 9.33. The molecule has 0 saturated heterocycles. The standard InChI is InChI=1S/C34H49F6NO2S/c1-31-14-11-25-24-10-9-23(42)22-27(24)30(35)26(29(25)28(31)12-15-32(31)16-17-32)8-4-3-5-18-41(2)19-7-21-44(43)20-6-13-33(36,37)34(38,39)40/h9-10,22,25-26,28-30,42H,3-8,11-21H2,1-2H3/t25?,26-,28?,29?,30+,31-,44?/m0/s1. The summed E-state index contributed by atoms with van der Waals surface area (Å²) in [6.45, 7) is 4.01. The summed E-state index contributed by atoms with van der Waals surface area (Å²) >= 11 is 0. The monoisotopic (exact) mass is 649 g/mol. The second-order valence-electron chi connectivity index (χ2n) is 14.6. The van der Waals surface area contributed by atoms with Crippen molar-refractivity contribution in [2.75, 3.05) is 31.6 Å². The van der Waals surface area contributed by atoms with E-state index in [0.29, 0.717) is 47.1 Å². The maximum atomic E-state index is 16.4. The molecule has 4 aliphatic rings. The SMILES string of the molecule is CN(CCCCC[C@H]1C2C(CC[C@@]3(C)C2CCC32CC2)c2ccc(O)cc2[C@@H]1F)CCCS(=O)CCCC(F)(F)C(F)(F)F. The molecule has 250 valence electrons. The Morgan fingerprint density at radius 2 is 1.64 bits per heavy atom. The van der Waals surface area contributed by atoms with E-state index in [1.807, 2.05) is 13.1 Å². The van der Waals surface area contributed by atoms with Gasteiger partial charge in [-0.3, -0.25) is 4.21 Å². The number of unbranched alkanes of at least 4 members (excludes halogenated alkanes) is 2. The topological polar surface area (TPSA) is 40.5 Å². The lowest BCUT2D eigenvalue weighted by atomic mass is 9.50. The van der Waals surface area contributed by atoms with E-state index in [9.17, 15) is 31.3 Å². The Balaban J connectivity index is 1.07. The molecule has 0 aromatic heterocycles. The van der Waals surface area contributed by atoms with Gasteiger partial charge in [-0.05, 0) is 142 Å². The molecule has 44 heavy (non-hydrogen) atoms. The van der Waals surface area contributed by atoms with Crippen molar-refractivity contribution in [1.82, 2.24) is 4.90 Å². The molecule has 4 aliphatic carbocycles. The zero-order valence-electron chi connectivity index (χ0n) is 26.1. The van der Waals surface area contributed by atoms with Crippen LogP contribution in [0, 0.1) is 28.6 Å². The Morgan fingerprint density at radius 1 is 0.932 bits per heavy atom. The van der Waals surface area contributed by atoms with Crippen LogP contribution in [0.5, 0.6) is 5.75 Å². The molecular weight excluding hydrogens is 600 g/mol. The van der Waals surface area contributed by atoms with Crippen LogP contribution >= 0.6 is 0 Å². The Kier molecular flexibility index (Phi) is 10.1. The number of hydrogen-bond acceptors (Lipinski definition) is 3. The van der Waals surface area contributed by atoms with E-state index in [1.165, 1.54) is 32.1 Å². The Bertz CT molecular complexity index is 1170. The van der Waals surface area contributed by atoms with Crippen molar-refractivity contribution in [2.24, 2.45) is 28.6 Å². The highest BCUT2D eigenvalue weighted by molar-refractivity contribution is 7.84. The van der Waals surface area contributed by atoms with Gasteiger partial charge in [0.1, 0.15) is 11.9 Å². The largest absolute Gasteiger partial charge is 0.508 e. The Labute approximate surface area is 261 Å². The third kappa shape index (κ3) is 6.72. The minimum atomic E-state index is -5.56. The number of halogens is 6. The molecule has 7 atom stereocenters. The maximum Gasteiger partial charge on any atom is 0.453 e. The fourth-order valence-corrected chi connectivity index (χ4v) is 10.6. The van der Waals surface area contributed by atoms with Crippen molar-refractivity contribution in [3.8, 4) is 5.75 Å². The molecule has 3 fully saturated rings. The van der Waals surface area contributed by atoms with Crippen LogP contribution in [0.1, 0.15) is 114 Å². The first-order valence-electron chi connectivity index (χ1n) is 16.6. The quantitative estimate of drug-likeness (QED) is 0.161. The second kappa shape index (κ2) is 13.1. The average molecular weight is 650 g/mol. The molecule has 1 aromatic rings. The van der Waals surface area contributed by atoms with Crippen LogP contribution in [0.4, 0.5) is 26.3 Å². The molecule has 5 rings (SSSR count). The minimum absolute atomic E-state index is 0.0309. The molecule has 3 nitrogen and oxygen atoms in total. The average Bonchev–Trinajstić information content (AvgIpc) is 3.69. The van der Waals surface area contributed by atoms with Crippen molar-refractivity contribution in [2.45, 2.75) is 115 Å². The molecule has 10 heteroatoms. The van der Waals surface area contributed by atoms with Gasteiger partial charge < -0.3 is 10.0 Å². The van der Waals surface area contributed by atoms with Crippen LogP contribution < -0.4 is 0 Å². The van der Waals surface area contributed by atoms with Gasteiger partial charge in [0.05, 0.1) is 0 Å². The second-order valence-corrected chi connectivity index (χ2v) is 16.3. The number of phenols is 1. The highest BCUT2D eigenvalue weighted by atomic mass is 32.2. The summed E-state index contributed by atoms with van der Waals surface area (Å²) in [6, 6.07) is 5.36. The fraction of sp³-hybridized carbons (Fsp3) is 0.824. The van der Waals surface area contributed by atoms with E-state index in [1.54, 1.807) is 12.1 Å². The molecule has 1 N–H and O–H groups in total. The molecule has 1 spiro atoms. The summed E-state index contributed by atoms with van der Waals surface area (Å²) in [6.07, 6.45) is 3.40. The molecule has 0 amide bonds. The van der Waals surface area contributed by atoms with Gasteiger partial charge in [-0.25, -0.2) is 4.39 Å². The summed E-state index contributed by atoms with van der Waals surface area (Å²) in [5.41, 5.74) is 2.64. The summed E-state index contributed by atoms with van der Waals surface area (Å²) in [5, 5.41) is 10.2. The third-order valence-corrected chi connectivity index (χ3v) is 13.6. The molecule has 0 aliphatic heterocycles. The third-order valence-electron chi connectivity index (χ3n) is 12.1. The lowest BCUT2D eigenvalue weighted by Gasteiger charge is -2.55. The molecular formula is C34H49F6NO2S. The lowest BCUT2D eigenvalue weighted by Crippen LogP contribution is -2.47. The molecule has 1 aromatic carbocycles. The van der Waals surface area contributed by atoms with Gasteiger partial charge in [0.2, 0.25) is 0 Å². The fourth-order valence-electron chi connectivity index (χ4n) is 9.50. The minimum Gasteiger partial charge on any atom is -0.508 e. The van der Waals surface area contributed by atoms with Crippen LogP contribution in [0.15, 0.2) is 18.2 Å². The van der Waals surface area contributed by atoms with E-state index in [-0.39, 0.29) is 23.2 Å². The summed E-state index contributed by atoms with van der Waals surface area (Å²) in [5.74, 6) is -3.22. The number of phenolic OH excluding ortho intramolecular Hbond substituents is 1. The zero-order chi connectivity index (χ0) is 31.9. The van der Waals surface area contributed by atoms with Crippen LogP contribution in [0.25, 0.3) is 0 Å². The number of aromatic hydroxyl groups is 1. The number of benzene rings is 1. The van der Waals surface area contributed by atoms with Crippen LogP contribution in [-0.2, 0) is 10.8 Å². The van der Waals surface area contributed by atoms with E-state index in [2.05, 4.69) is 11.8 Å². The van der Waals surface area contributed by atoms with E-state index in [0.717, 1.165) is 44.2 Å². The van der Waals surface area contributed by atoms with Gasteiger partial charge in [0.15, 0.2) is 0 Å². The first kappa shape index (κ1) is 34.1. The predicted molar refractivity (Wildman–Crippen MR) is 162 cm³/mol. The van der Waals surface area contributed by atoms with Crippen molar-refractivity contribution in [3.05, 3.63) is 29.3 Å². The number of alkyl halides is 6. The zero-order valence-corrected chi connectivity index (χ0v) is 26.9. The number of rotatable bonds is 14. The summed E-state index contributed by atoms with van der Waals surface area (Å²) in [4.78, 5) is 2.13. The molecule has 0 radical (unpaired) electrons. The van der Waals surface area contributed by atoms with E-state index >= 15 is 4.39 Å². The molecule has 0 bridgehead atoms. The van der Waals surface area contributed by atoms with Gasteiger partial charge in [0, 0.05) is 28.7 Å². The van der Waals surface area contributed by atoms with Gasteiger partial charge in [-0.1, -0.05) is 25.8 Å². The first-order valence-corrected chi connectivity index (χ1v) is 18.1. The number of hydrogen-bond donors (Lipinski definition) is 1. The van der Waals surface area contributed by atoms with E-state index < -0.39 is 41.9 Å². The lowest BCUT2D eigenvalue weighted by molar-refractivity contribution is -0.284. The molecule has 3 saturated carbocycles. The van der Waals surface area contributed by atoms with Crippen LogP contribution in [0.2, 0.25) is 0 Å². The maximum absolute atomic E-state index is 16.4. The van der Waals surface area contributed by atoms with Crippen molar-refractivity contribution in [3.63, 3.8) is 0 Å². The summed E-state index contributed by atoms with van der Waals surface area (Å²) in [7, 11) is 0.550. The Morgan fingerprint density at radius 3 is 2.34 bits per heavy atom. The number of fused-ring (bicyclic) bond motifs is 6. The van der Waals surface area contributed by atoms with Gasteiger partial charge >= 0.3 is 12.1 Å². The molecule has 4 unspecified atom stereocenters. The smallest absolute Gasteiger partial charge is 0.453 e. The van der Waals surface area contributed by atoms with Crippen LogP contribution in [0.3, 0.4) is 0 Å². The summed E-state index contributed by atoms with van der Waals surface area (Å²) < 4.78 is 91.3. The highest BCUT2D eigenvalue weighted by Crippen LogP contribution is 2.77. The van der Waals surface area contributed by atoms with E-state index in [4.69, 9.17) is 0 Å². The number of nitrogens with zero attached hydrogens (tertiary/aromatic N) is 1. The molecule has 0 heterocycles. The van der Waals surface area contributed by atoms with Crippen molar-refractivity contribution in [1.29, 1.82) is 0 Å².